The van der Waals surface area contributed by atoms with Crippen LogP contribution in [0.3, 0.4) is 0 Å². The van der Waals surface area contributed by atoms with Crippen molar-refractivity contribution in [3.8, 4) is 6.07 Å². The van der Waals surface area contributed by atoms with Gasteiger partial charge in [-0.1, -0.05) is 32.1 Å². The quantitative estimate of drug-likeness (QED) is 0.842. The van der Waals surface area contributed by atoms with Gasteiger partial charge >= 0.3 is 0 Å². The van der Waals surface area contributed by atoms with Gasteiger partial charge in [-0.15, -0.1) is 0 Å². The number of hydrogen-bond donors (Lipinski definition) is 1. The molecule has 1 aliphatic rings. The molecule has 1 saturated carbocycles. The van der Waals surface area contributed by atoms with Crippen molar-refractivity contribution in [2.75, 3.05) is 0 Å². The number of nitrogens with one attached hydrogen (secondary N) is 1. The zero-order chi connectivity index (χ0) is 11.2. The minimum Gasteiger partial charge on any atom is -0.345 e. The van der Waals surface area contributed by atoms with Gasteiger partial charge in [0.15, 0.2) is 0 Å². The van der Waals surface area contributed by atoms with Crippen molar-refractivity contribution in [3.63, 3.8) is 0 Å². The lowest BCUT2D eigenvalue weighted by molar-refractivity contribution is 0.337. The van der Waals surface area contributed by atoms with Gasteiger partial charge in [0.1, 0.15) is 5.82 Å². The maximum atomic E-state index is 8.56. The summed E-state index contributed by atoms with van der Waals surface area (Å²) in [6.45, 7) is 0. The van der Waals surface area contributed by atoms with Crippen LogP contribution in [-0.4, -0.2) is 9.97 Å². The minimum absolute atomic E-state index is 0.441. The molecule has 3 nitrogen and oxygen atoms in total. The van der Waals surface area contributed by atoms with Crippen molar-refractivity contribution in [2.45, 2.75) is 51.4 Å². The first-order chi connectivity index (χ1) is 7.88. The van der Waals surface area contributed by atoms with Crippen LogP contribution in [0.1, 0.15) is 50.0 Å². The van der Waals surface area contributed by atoms with Crippen LogP contribution in [0.15, 0.2) is 6.20 Å². The molecule has 86 valence electrons. The van der Waals surface area contributed by atoms with Gasteiger partial charge in [0.2, 0.25) is 0 Å². The molecule has 0 bridgehead atoms. The van der Waals surface area contributed by atoms with Crippen LogP contribution in [0, 0.1) is 17.2 Å². The summed E-state index contributed by atoms with van der Waals surface area (Å²) < 4.78 is 0. The summed E-state index contributed by atoms with van der Waals surface area (Å²) in [6, 6.07) is 2.13. The molecule has 0 spiro atoms. The molecule has 1 N–H and O–H groups in total. The molecule has 2 rings (SSSR count). The molecule has 1 heterocycles. The second kappa shape index (κ2) is 5.69. The fourth-order valence-electron chi connectivity index (χ4n) is 2.52. The highest BCUT2D eigenvalue weighted by atomic mass is 14.9. The Morgan fingerprint density at radius 1 is 1.38 bits per heavy atom. The summed E-state index contributed by atoms with van der Waals surface area (Å²) in [5.74, 6) is 1.95. The number of hydrogen-bond acceptors (Lipinski definition) is 2. The smallest absolute Gasteiger partial charge is 0.106 e. The number of nitrogens with zero attached hydrogens (tertiary/aromatic N) is 2. The van der Waals surface area contributed by atoms with E-state index in [-0.39, 0.29) is 0 Å². The average molecular weight is 217 g/mol. The fourth-order valence-corrected chi connectivity index (χ4v) is 2.52. The summed E-state index contributed by atoms with van der Waals surface area (Å²) in [4.78, 5) is 7.53. The molecule has 0 radical (unpaired) electrons. The highest BCUT2D eigenvalue weighted by Gasteiger charge is 2.13. The molecule has 0 atom stereocenters. The molecule has 0 aromatic carbocycles. The Balaban J connectivity index is 1.77. The largest absolute Gasteiger partial charge is 0.345 e. The van der Waals surface area contributed by atoms with Crippen LogP contribution < -0.4 is 0 Å². The number of aromatic amines is 1. The average Bonchev–Trinajstić information content (AvgIpc) is 2.76. The molecule has 16 heavy (non-hydrogen) atoms. The topological polar surface area (TPSA) is 52.5 Å². The van der Waals surface area contributed by atoms with E-state index >= 15 is 0 Å². The summed E-state index contributed by atoms with van der Waals surface area (Å²) in [6.07, 6.45) is 11.5. The Hall–Kier alpha value is -1.30. The Kier molecular flexibility index (Phi) is 3.98. The molecule has 1 aromatic rings. The van der Waals surface area contributed by atoms with Gasteiger partial charge in [0.25, 0.3) is 0 Å². The normalized spacial score (nSPS) is 17.2. The Morgan fingerprint density at radius 3 is 2.94 bits per heavy atom. The maximum absolute atomic E-state index is 8.56. The van der Waals surface area contributed by atoms with Gasteiger partial charge in [-0.2, -0.15) is 5.26 Å². The summed E-state index contributed by atoms with van der Waals surface area (Å²) in [7, 11) is 0. The van der Waals surface area contributed by atoms with Gasteiger partial charge in [-0.25, -0.2) is 4.98 Å². The van der Waals surface area contributed by atoms with Crippen LogP contribution in [0.25, 0.3) is 0 Å². The SMILES string of the molecule is N#CCc1cnc(CCC2CCCCC2)[nH]1. The van der Waals surface area contributed by atoms with E-state index in [0.717, 1.165) is 23.9 Å². The molecule has 1 aromatic heterocycles. The van der Waals surface area contributed by atoms with Crippen LogP contribution in [-0.2, 0) is 12.8 Å². The molecule has 0 aliphatic heterocycles. The lowest BCUT2D eigenvalue weighted by Crippen LogP contribution is -2.07. The van der Waals surface area contributed by atoms with Crippen molar-refractivity contribution >= 4 is 0 Å². The second-order valence-electron chi connectivity index (χ2n) is 4.73. The van der Waals surface area contributed by atoms with Gasteiger partial charge in [0.05, 0.1) is 12.5 Å². The van der Waals surface area contributed by atoms with E-state index in [1.807, 2.05) is 0 Å². The van der Waals surface area contributed by atoms with E-state index in [1.165, 1.54) is 38.5 Å². The highest BCUT2D eigenvalue weighted by molar-refractivity contribution is 5.06. The number of nitriles is 1. The van der Waals surface area contributed by atoms with E-state index in [0.29, 0.717) is 6.42 Å². The number of aromatic nitrogens is 2. The summed E-state index contributed by atoms with van der Waals surface area (Å²) in [5, 5.41) is 8.56. The molecule has 1 fully saturated rings. The molecular formula is C13H19N3. The second-order valence-corrected chi connectivity index (χ2v) is 4.73. The van der Waals surface area contributed by atoms with Crippen molar-refractivity contribution in [3.05, 3.63) is 17.7 Å². The Labute approximate surface area is 96.9 Å². The predicted molar refractivity (Wildman–Crippen MR) is 62.8 cm³/mol. The zero-order valence-corrected chi connectivity index (χ0v) is 9.71. The number of aryl methyl sites for hydroxylation is 1. The Bertz CT molecular complexity index is 355. The standard InChI is InChI=1S/C13H19N3/c14-9-8-12-10-15-13(16-12)7-6-11-4-2-1-3-5-11/h10-11H,1-8H2,(H,15,16). The van der Waals surface area contributed by atoms with Gasteiger partial charge in [-0.05, 0) is 12.3 Å². The van der Waals surface area contributed by atoms with Crippen LogP contribution in [0.4, 0.5) is 0 Å². The third-order valence-corrected chi connectivity index (χ3v) is 3.46. The maximum Gasteiger partial charge on any atom is 0.106 e. The van der Waals surface area contributed by atoms with Gasteiger partial charge < -0.3 is 4.98 Å². The van der Waals surface area contributed by atoms with E-state index < -0.39 is 0 Å². The molecule has 1 aliphatic carbocycles. The first-order valence-electron chi connectivity index (χ1n) is 6.28. The Morgan fingerprint density at radius 2 is 2.19 bits per heavy atom. The molecule has 0 amide bonds. The van der Waals surface area contributed by atoms with Crippen LogP contribution >= 0.6 is 0 Å². The fraction of sp³-hybridized carbons (Fsp3) is 0.692. The summed E-state index contributed by atoms with van der Waals surface area (Å²) >= 11 is 0. The molecular weight excluding hydrogens is 198 g/mol. The number of imidazole rings is 1. The lowest BCUT2D eigenvalue weighted by atomic mass is 9.86. The van der Waals surface area contributed by atoms with E-state index in [1.54, 1.807) is 6.20 Å². The third kappa shape index (κ3) is 3.10. The molecule has 0 unspecified atom stereocenters. The third-order valence-electron chi connectivity index (χ3n) is 3.46. The van der Waals surface area contributed by atoms with Crippen molar-refractivity contribution in [1.29, 1.82) is 5.26 Å². The van der Waals surface area contributed by atoms with Crippen molar-refractivity contribution in [2.24, 2.45) is 5.92 Å². The first kappa shape index (κ1) is 11.2. The minimum atomic E-state index is 0.441. The van der Waals surface area contributed by atoms with E-state index in [9.17, 15) is 0 Å². The zero-order valence-electron chi connectivity index (χ0n) is 9.71. The van der Waals surface area contributed by atoms with Gasteiger partial charge in [-0.3, -0.25) is 0 Å². The first-order valence-corrected chi connectivity index (χ1v) is 6.28. The number of H-pyrrole nitrogens is 1. The molecule has 3 heteroatoms. The van der Waals surface area contributed by atoms with Crippen LogP contribution in [0.2, 0.25) is 0 Å². The van der Waals surface area contributed by atoms with Crippen molar-refractivity contribution < 1.29 is 0 Å². The van der Waals surface area contributed by atoms with Crippen LogP contribution in [0.5, 0.6) is 0 Å². The summed E-state index contributed by atoms with van der Waals surface area (Å²) in [5.41, 5.74) is 0.946. The van der Waals surface area contributed by atoms with Crippen molar-refractivity contribution in [1.82, 2.24) is 9.97 Å². The lowest BCUT2D eigenvalue weighted by Gasteiger charge is -2.20. The number of rotatable bonds is 4. The van der Waals surface area contributed by atoms with E-state index in [2.05, 4.69) is 16.0 Å². The van der Waals surface area contributed by atoms with E-state index in [4.69, 9.17) is 5.26 Å². The predicted octanol–water partition coefficient (Wildman–Crippen LogP) is 2.99. The van der Waals surface area contributed by atoms with Gasteiger partial charge in [0, 0.05) is 18.3 Å². The monoisotopic (exact) mass is 217 g/mol. The highest BCUT2D eigenvalue weighted by Crippen LogP contribution is 2.27. The molecule has 0 saturated heterocycles.